The van der Waals surface area contributed by atoms with Gasteiger partial charge < -0.3 is 14.2 Å². The second-order valence-corrected chi connectivity index (χ2v) is 7.25. The number of allylic oxidation sites excluding steroid dienone is 1. The fourth-order valence-electron chi connectivity index (χ4n) is 3.86. The Bertz CT molecular complexity index is 752. The molecule has 0 aromatic heterocycles. The summed E-state index contributed by atoms with van der Waals surface area (Å²) in [5, 5.41) is 0. The Kier molecular flexibility index (Phi) is 5.24. The minimum absolute atomic E-state index is 0.0536. The number of esters is 3. The van der Waals surface area contributed by atoms with Gasteiger partial charge in [0, 0.05) is 32.0 Å². The molecule has 0 spiro atoms. The lowest BCUT2D eigenvalue weighted by Crippen LogP contribution is -2.45. The quantitative estimate of drug-likeness (QED) is 0.298. The number of carbonyl (C=O) groups is 3. The van der Waals surface area contributed by atoms with Crippen LogP contribution in [-0.2, 0) is 28.6 Å². The minimum atomic E-state index is -1.67. The Morgan fingerprint density at radius 1 is 1.44 bits per heavy atom. The lowest BCUT2D eigenvalue weighted by molar-refractivity contribution is -0.174. The molecule has 7 heteroatoms. The molecule has 0 aromatic rings. The molecule has 0 N–H and O–H groups in total. The summed E-state index contributed by atoms with van der Waals surface area (Å²) in [5.41, 5.74) is -0.142. The highest BCUT2D eigenvalue weighted by molar-refractivity contribution is 5.91. The van der Waals surface area contributed by atoms with Gasteiger partial charge in [-0.05, 0) is 31.4 Å². The van der Waals surface area contributed by atoms with Crippen molar-refractivity contribution in [3.8, 4) is 0 Å². The monoisotopic (exact) mass is 375 g/mol. The predicted octanol–water partition coefficient (Wildman–Crippen LogP) is 1.68. The van der Waals surface area contributed by atoms with E-state index in [4.69, 9.17) is 14.2 Å². The summed E-state index contributed by atoms with van der Waals surface area (Å²) in [6.45, 7) is 9.89. The molecule has 0 aliphatic carbocycles. The van der Waals surface area contributed by atoms with Crippen LogP contribution < -0.4 is 0 Å². The highest BCUT2D eigenvalue weighted by Crippen LogP contribution is 2.34. The van der Waals surface area contributed by atoms with Crippen molar-refractivity contribution >= 4 is 17.9 Å². The second-order valence-electron chi connectivity index (χ2n) is 7.25. The highest BCUT2D eigenvalue weighted by atomic mass is 16.6. The molecule has 0 amide bonds. The molecule has 3 heterocycles. The summed E-state index contributed by atoms with van der Waals surface area (Å²) in [6.07, 6.45) is 4.16. The number of hydrogen-bond acceptors (Lipinski definition) is 7. The second kappa shape index (κ2) is 7.31. The van der Waals surface area contributed by atoms with E-state index in [1.807, 2.05) is 6.08 Å². The Balaban J connectivity index is 1.95. The summed E-state index contributed by atoms with van der Waals surface area (Å²) < 4.78 is 16.6. The number of ether oxygens (including phenoxy) is 3. The first-order chi connectivity index (χ1) is 12.8. The smallest absolute Gasteiger partial charge is 0.355 e. The maximum atomic E-state index is 12.8. The predicted molar refractivity (Wildman–Crippen MR) is 96.6 cm³/mol. The van der Waals surface area contributed by atoms with E-state index in [0.717, 1.165) is 25.1 Å². The third-order valence-corrected chi connectivity index (χ3v) is 5.47. The molecule has 3 aliphatic rings. The molecule has 2 saturated heterocycles. The van der Waals surface area contributed by atoms with Gasteiger partial charge in [-0.2, -0.15) is 0 Å². The van der Waals surface area contributed by atoms with Crippen molar-refractivity contribution in [1.29, 1.82) is 0 Å². The third kappa shape index (κ3) is 3.56. The van der Waals surface area contributed by atoms with Crippen LogP contribution in [0.25, 0.3) is 0 Å². The van der Waals surface area contributed by atoms with Crippen molar-refractivity contribution in [2.24, 2.45) is 0 Å². The van der Waals surface area contributed by atoms with Crippen LogP contribution in [0.5, 0.6) is 0 Å². The fraction of sp³-hybridized carbons (Fsp3) is 0.550. The maximum Gasteiger partial charge on any atom is 0.355 e. The number of cyclic esters (lactones) is 1. The molecule has 7 nitrogen and oxygen atoms in total. The fourth-order valence-corrected chi connectivity index (χ4v) is 3.86. The first kappa shape index (κ1) is 19.4. The third-order valence-electron chi connectivity index (χ3n) is 5.47. The van der Waals surface area contributed by atoms with Crippen LogP contribution in [0, 0.1) is 0 Å². The van der Waals surface area contributed by atoms with E-state index in [1.165, 1.54) is 13.8 Å². The average Bonchev–Trinajstić information content (AvgIpc) is 3.18. The molecule has 2 fully saturated rings. The Labute approximate surface area is 158 Å². The topological polar surface area (TPSA) is 82.1 Å². The van der Waals surface area contributed by atoms with E-state index in [0.29, 0.717) is 5.57 Å². The Morgan fingerprint density at radius 3 is 2.85 bits per heavy atom. The lowest BCUT2D eigenvalue weighted by atomic mass is 9.90. The molecule has 3 unspecified atom stereocenters. The van der Waals surface area contributed by atoms with Crippen LogP contribution in [-0.4, -0.2) is 60.3 Å². The van der Waals surface area contributed by atoms with Gasteiger partial charge in [0.2, 0.25) is 5.60 Å². The van der Waals surface area contributed by atoms with Crippen LogP contribution in [0.1, 0.15) is 33.6 Å². The SMILES string of the molecule is C=C1CC(=CC)C(=O)OC2CCN3CC=C(COC(=O)C1(C)OC(C)=O)C23. The summed E-state index contributed by atoms with van der Waals surface area (Å²) in [4.78, 5) is 39.3. The van der Waals surface area contributed by atoms with Gasteiger partial charge in [0.25, 0.3) is 0 Å². The van der Waals surface area contributed by atoms with E-state index in [9.17, 15) is 14.4 Å². The normalized spacial score (nSPS) is 33.5. The van der Waals surface area contributed by atoms with Gasteiger partial charge in [-0.15, -0.1) is 0 Å². The van der Waals surface area contributed by atoms with Crippen molar-refractivity contribution < 1.29 is 28.6 Å². The zero-order valence-electron chi connectivity index (χ0n) is 15.9. The first-order valence-electron chi connectivity index (χ1n) is 9.10. The first-order valence-corrected chi connectivity index (χ1v) is 9.10. The number of carbonyl (C=O) groups excluding carboxylic acids is 3. The van der Waals surface area contributed by atoms with Gasteiger partial charge in [-0.1, -0.05) is 18.7 Å². The number of rotatable bonds is 1. The summed E-state index contributed by atoms with van der Waals surface area (Å²) >= 11 is 0. The molecule has 146 valence electrons. The van der Waals surface area contributed by atoms with Crippen LogP contribution in [0.2, 0.25) is 0 Å². The van der Waals surface area contributed by atoms with Gasteiger partial charge >= 0.3 is 17.9 Å². The van der Waals surface area contributed by atoms with Crippen LogP contribution in [0.15, 0.2) is 35.5 Å². The van der Waals surface area contributed by atoms with E-state index in [-0.39, 0.29) is 30.7 Å². The summed E-state index contributed by atoms with van der Waals surface area (Å²) in [6, 6.07) is -0.0811. The van der Waals surface area contributed by atoms with Crippen molar-refractivity contribution in [3.05, 3.63) is 35.5 Å². The number of nitrogens with zero attached hydrogens (tertiary/aromatic N) is 1. The molecule has 3 aliphatic heterocycles. The molecule has 3 rings (SSSR count). The van der Waals surface area contributed by atoms with Crippen LogP contribution in [0.4, 0.5) is 0 Å². The number of hydrogen-bond donors (Lipinski definition) is 0. The summed E-state index contributed by atoms with van der Waals surface area (Å²) in [5.74, 6) is -1.76. The van der Waals surface area contributed by atoms with Gasteiger partial charge in [-0.3, -0.25) is 9.69 Å². The Morgan fingerprint density at radius 2 is 2.19 bits per heavy atom. The molecule has 3 atom stereocenters. The van der Waals surface area contributed by atoms with Crippen LogP contribution >= 0.6 is 0 Å². The molecule has 0 radical (unpaired) electrons. The molecule has 0 bridgehead atoms. The maximum absolute atomic E-state index is 12.8. The molecular formula is C20H25NO6. The average molecular weight is 375 g/mol. The van der Waals surface area contributed by atoms with E-state index in [1.54, 1.807) is 13.0 Å². The van der Waals surface area contributed by atoms with Gasteiger partial charge in [0.1, 0.15) is 12.7 Å². The summed E-state index contributed by atoms with van der Waals surface area (Å²) in [7, 11) is 0. The molecule has 27 heavy (non-hydrogen) atoms. The Hall–Kier alpha value is -2.41. The van der Waals surface area contributed by atoms with Crippen molar-refractivity contribution in [2.75, 3.05) is 19.7 Å². The highest BCUT2D eigenvalue weighted by Gasteiger charge is 2.46. The zero-order chi connectivity index (χ0) is 19.8. The van der Waals surface area contributed by atoms with E-state index < -0.39 is 23.5 Å². The van der Waals surface area contributed by atoms with E-state index >= 15 is 0 Å². The lowest BCUT2D eigenvalue weighted by Gasteiger charge is -2.31. The van der Waals surface area contributed by atoms with Gasteiger partial charge in [-0.25, -0.2) is 9.59 Å². The molecular weight excluding hydrogens is 350 g/mol. The van der Waals surface area contributed by atoms with Gasteiger partial charge in [0.15, 0.2) is 0 Å². The van der Waals surface area contributed by atoms with Crippen molar-refractivity contribution in [1.82, 2.24) is 4.90 Å². The van der Waals surface area contributed by atoms with E-state index in [2.05, 4.69) is 11.5 Å². The van der Waals surface area contributed by atoms with Gasteiger partial charge in [0.05, 0.1) is 6.04 Å². The zero-order valence-corrected chi connectivity index (χ0v) is 15.9. The van der Waals surface area contributed by atoms with Crippen molar-refractivity contribution in [3.63, 3.8) is 0 Å². The van der Waals surface area contributed by atoms with Crippen molar-refractivity contribution in [2.45, 2.75) is 51.4 Å². The molecule has 0 aromatic carbocycles. The van der Waals surface area contributed by atoms with Crippen LogP contribution in [0.3, 0.4) is 0 Å². The largest absolute Gasteiger partial charge is 0.458 e. The minimum Gasteiger partial charge on any atom is -0.458 e. The standard InChI is InChI=1S/C20H25NO6/c1-5-14-10-12(2)20(4,27-13(3)22)19(24)25-11-15-6-8-21-9-7-16(17(15)21)26-18(14)23/h5-6,16-17H,2,7-11H2,1,3-4H3. The molecule has 0 saturated carbocycles.